The molecule has 0 aliphatic carbocycles. The Hall–Kier alpha value is -2.73. The van der Waals surface area contributed by atoms with Gasteiger partial charge in [0.2, 0.25) is 0 Å². The number of hydrogen-bond donors (Lipinski definition) is 2. The average molecular weight is 259 g/mol. The van der Waals surface area contributed by atoms with E-state index in [0.717, 1.165) is 0 Å². The Bertz CT molecular complexity index is 612. The van der Waals surface area contributed by atoms with Gasteiger partial charge in [-0.3, -0.25) is 14.9 Å². The second-order valence-electron chi connectivity index (χ2n) is 3.72. The third kappa shape index (κ3) is 2.93. The summed E-state index contributed by atoms with van der Waals surface area (Å²) in [4.78, 5) is 22.3. The Balaban J connectivity index is 0.00000180. The van der Waals surface area contributed by atoms with E-state index >= 15 is 0 Å². The van der Waals surface area contributed by atoms with Crippen LogP contribution < -0.4 is 11.9 Å². The zero-order valence-electron chi connectivity index (χ0n) is 10.1. The molecule has 2 aromatic carbocycles. The van der Waals surface area contributed by atoms with Crippen LogP contribution in [0, 0.1) is 10.1 Å². The zero-order chi connectivity index (χ0) is 13.1. The highest BCUT2D eigenvalue weighted by Crippen LogP contribution is 2.22. The lowest BCUT2D eigenvalue weighted by atomic mass is 10.0. The lowest BCUT2D eigenvalue weighted by Crippen LogP contribution is -2.06. The van der Waals surface area contributed by atoms with Crippen molar-refractivity contribution in [2.45, 2.75) is 0 Å². The molecule has 0 aliphatic rings. The van der Waals surface area contributed by atoms with E-state index in [-0.39, 0.29) is 28.9 Å². The monoisotopic (exact) mass is 259 g/mol. The lowest BCUT2D eigenvalue weighted by molar-refractivity contribution is -0.384. The molecule has 0 fully saturated rings. The molecule has 5 N–H and O–H groups in total. The normalized spacial score (nSPS) is 9.47. The van der Waals surface area contributed by atoms with Crippen molar-refractivity contribution in [1.29, 1.82) is 0 Å². The third-order valence-corrected chi connectivity index (χ3v) is 2.53. The molecular formula is C13H13N3O3. The maximum atomic E-state index is 12.1. The van der Waals surface area contributed by atoms with Gasteiger partial charge in [-0.1, -0.05) is 30.3 Å². The minimum Gasteiger partial charge on any atom is -0.398 e. The van der Waals surface area contributed by atoms with E-state index in [2.05, 4.69) is 0 Å². The zero-order valence-corrected chi connectivity index (χ0v) is 10.1. The molecule has 0 aliphatic heterocycles. The molecule has 0 saturated carbocycles. The number of benzene rings is 2. The van der Waals surface area contributed by atoms with Gasteiger partial charge >= 0.3 is 0 Å². The average Bonchev–Trinajstić information content (AvgIpc) is 2.39. The molecule has 6 nitrogen and oxygen atoms in total. The van der Waals surface area contributed by atoms with Crippen molar-refractivity contribution in [2.24, 2.45) is 0 Å². The van der Waals surface area contributed by atoms with Gasteiger partial charge in [0, 0.05) is 23.4 Å². The van der Waals surface area contributed by atoms with Crippen LogP contribution in [0.2, 0.25) is 0 Å². The molecule has 6 heteroatoms. The summed E-state index contributed by atoms with van der Waals surface area (Å²) in [7, 11) is 0. The van der Waals surface area contributed by atoms with Gasteiger partial charge in [0.05, 0.1) is 10.5 Å². The summed E-state index contributed by atoms with van der Waals surface area (Å²) in [5.41, 5.74) is 6.36. The quantitative estimate of drug-likeness (QED) is 0.379. The van der Waals surface area contributed by atoms with Gasteiger partial charge in [0.25, 0.3) is 5.69 Å². The van der Waals surface area contributed by atoms with Crippen molar-refractivity contribution in [3.63, 3.8) is 0 Å². The Morgan fingerprint density at radius 3 is 2.32 bits per heavy atom. The number of anilines is 1. The predicted molar refractivity (Wildman–Crippen MR) is 72.4 cm³/mol. The van der Waals surface area contributed by atoms with Crippen LogP contribution in [-0.2, 0) is 0 Å². The molecule has 0 bridgehead atoms. The molecule has 0 saturated heterocycles. The minimum atomic E-state index is -0.554. The lowest BCUT2D eigenvalue weighted by Gasteiger charge is -2.04. The van der Waals surface area contributed by atoms with E-state index in [9.17, 15) is 14.9 Å². The van der Waals surface area contributed by atoms with Gasteiger partial charge in [-0.05, 0) is 6.07 Å². The van der Waals surface area contributed by atoms with Crippen molar-refractivity contribution in [3.8, 4) is 0 Å². The van der Waals surface area contributed by atoms with Crippen LogP contribution in [0.3, 0.4) is 0 Å². The van der Waals surface area contributed by atoms with Gasteiger partial charge in [0.15, 0.2) is 5.78 Å². The standard InChI is InChI=1S/C13H10N2O3.H3N/c14-12-7-6-10(15(17)18)8-11(12)13(16)9-4-2-1-3-5-9;/h1-8H,14H2;1H3. The van der Waals surface area contributed by atoms with Crippen LogP contribution in [0.5, 0.6) is 0 Å². The first-order chi connectivity index (χ1) is 8.59. The number of nitro benzene ring substituents is 1. The number of hydrogen-bond acceptors (Lipinski definition) is 5. The molecule has 2 aromatic rings. The molecule has 0 unspecified atom stereocenters. The molecule has 0 amide bonds. The van der Waals surface area contributed by atoms with Gasteiger partial charge in [-0.15, -0.1) is 0 Å². The topological polar surface area (TPSA) is 121 Å². The third-order valence-electron chi connectivity index (χ3n) is 2.53. The summed E-state index contributed by atoms with van der Waals surface area (Å²) < 4.78 is 0. The number of rotatable bonds is 3. The number of carbonyl (C=O) groups is 1. The first-order valence-electron chi connectivity index (χ1n) is 5.23. The molecule has 0 spiro atoms. The maximum absolute atomic E-state index is 12.1. The number of nitrogens with two attached hydrogens (primary N) is 1. The van der Waals surface area contributed by atoms with Crippen molar-refractivity contribution in [1.82, 2.24) is 6.15 Å². The van der Waals surface area contributed by atoms with Crippen LogP contribution in [0.4, 0.5) is 11.4 Å². The highest BCUT2D eigenvalue weighted by Gasteiger charge is 2.16. The summed E-state index contributed by atoms with van der Waals surface area (Å²) >= 11 is 0. The van der Waals surface area contributed by atoms with Crippen LogP contribution in [0.1, 0.15) is 15.9 Å². The second-order valence-corrected chi connectivity index (χ2v) is 3.72. The van der Waals surface area contributed by atoms with Gasteiger partial charge < -0.3 is 11.9 Å². The molecule has 0 aromatic heterocycles. The van der Waals surface area contributed by atoms with E-state index < -0.39 is 4.92 Å². The molecule has 0 radical (unpaired) electrons. The molecule has 0 atom stereocenters. The number of non-ortho nitro benzene ring substituents is 1. The Labute approximate surface area is 109 Å². The number of carbonyl (C=O) groups excluding carboxylic acids is 1. The van der Waals surface area contributed by atoms with Gasteiger partial charge in [-0.25, -0.2) is 0 Å². The highest BCUT2D eigenvalue weighted by atomic mass is 16.6. The highest BCUT2D eigenvalue weighted by molar-refractivity contribution is 6.12. The molecule has 0 heterocycles. The summed E-state index contributed by atoms with van der Waals surface area (Å²) in [5.74, 6) is -0.322. The van der Waals surface area contributed by atoms with E-state index in [0.29, 0.717) is 5.56 Å². The molecule has 98 valence electrons. The fourth-order valence-electron chi connectivity index (χ4n) is 1.60. The smallest absolute Gasteiger partial charge is 0.270 e. The van der Waals surface area contributed by atoms with Crippen molar-refractivity contribution in [3.05, 3.63) is 69.8 Å². The molecule has 2 rings (SSSR count). The Kier molecular flexibility index (Phi) is 4.33. The molecular weight excluding hydrogens is 246 g/mol. The summed E-state index contributed by atoms with van der Waals surface area (Å²) in [6, 6.07) is 12.4. The second kappa shape index (κ2) is 5.74. The van der Waals surface area contributed by atoms with E-state index in [1.54, 1.807) is 30.3 Å². The first-order valence-corrected chi connectivity index (χ1v) is 5.23. The number of nitro groups is 1. The number of ketones is 1. The van der Waals surface area contributed by atoms with Gasteiger partial charge in [0.1, 0.15) is 0 Å². The SMILES string of the molecule is N.Nc1ccc([N+](=O)[O-])cc1C(=O)c1ccccc1. The number of nitrogens with zero attached hydrogens (tertiary/aromatic N) is 1. The fourth-order valence-corrected chi connectivity index (χ4v) is 1.60. The van der Waals surface area contributed by atoms with E-state index in [1.165, 1.54) is 18.2 Å². The number of nitrogen functional groups attached to an aromatic ring is 1. The van der Waals surface area contributed by atoms with Crippen molar-refractivity contribution < 1.29 is 9.72 Å². The first kappa shape index (κ1) is 14.3. The van der Waals surface area contributed by atoms with E-state index in [4.69, 9.17) is 5.73 Å². The molecule has 19 heavy (non-hydrogen) atoms. The van der Waals surface area contributed by atoms with E-state index in [1.807, 2.05) is 0 Å². The van der Waals surface area contributed by atoms with Gasteiger partial charge in [-0.2, -0.15) is 0 Å². The Morgan fingerprint density at radius 2 is 1.74 bits per heavy atom. The van der Waals surface area contributed by atoms with Crippen molar-refractivity contribution >= 4 is 17.2 Å². The van der Waals surface area contributed by atoms with Crippen LogP contribution in [0.25, 0.3) is 0 Å². The summed E-state index contributed by atoms with van der Waals surface area (Å²) in [6.07, 6.45) is 0. The predicted octanol–water partition coefficient (Wildman–Crippen LogP) is 2.57. The van der Waals surface area contributed by atoms with Crippen LogP contribution in [0.15, 0.2) is 48.5 Å². The summed E-state index contributed by atoms with van der Waals surface area (Å²) in [5, 5.41) is 10.7. The summed E-state index contributed by atoms with van der Waals surface area (Å²) in [6.45, 7) is 0. The van der Waals surface area contributed by atoms with Crippen LogP contribution >= 0.6 is 0 Å². The van der Waals surface area contributed by atoms with Crippen LogP contribution in [-0.4, -0.2) is 10.7 Å². The minimum absolute atomic E-state index is 0. The van der Waals surface area contributed by atoms with Crippen molar-refractivity contribution in [2.75, 3.05) is 5.73 Å². The fraction of sp³-hybridized carbons (Fsp3) is 0. The maximum Gasteiger partial charge on any atom is 0.270 e. The Morgan fingerprint density at radius 1 is 1.11 bits per heavy atom. The largest absolute Gasteiger partial charge is 0.398 e.